The van der Waals surface area contributed by atoms with Crippen LogP contribution in [-0.2, 0) is 0 Å². The summed E-state index contributed by atoms with van der Waals surface area (Å²) in [5, 5.41) is 2.90. The lowest BCUT2D eigenvalue weighted by Gasteiger charge is -2.10. The highest BCUT2D eigenvalue weighted by molar-refractivity contribution is 6.21. The molecule has 1 fully saturated rings. The van der Waals surface area contributed by atoms with Crippen molar-refractivity contribution in [2.45, 2.75) is 18.2 Å². The van der Waals surface area contributed by atoms with Crippen molar-refractivity contribution < 1.29 is 9.53 Å². The number of rotatable bonds is 5. The maximum atomic E-state index is 11.8. The number of ether oxygens (including phenoxy) is 1. The van der Waals surface area contributed by atoms with Gasteiger partial charge >= 0.3 is 0 Å². The first-order chi connectivity index (χ1) is 8.20. The van der Waals surface area contributed by atoms with Gasteiger partial charge in [-0.2, -0.15) is 0 Å². The van der Waals surface area contributed by atoms with Crippen LogP contribution in [0, 0.1) is 5.92 Å². The number of methoxy groups -OCH3 is 1. The highest BCUT2D eigenvalue weighted by Crippen LogP contribution is 2.35. The van der Waals surface area contributed by atoms with Gasteiger partial charge in [0.25, 0.3) is 5.91 Å². The number of carbonyl (C=O) groups excluding carboxylic acids is 1. The fourth-order valence-electron chi connectivity index (χ4n) is 1.68. The lowest BCUT2D eigenvalue weighted by Crippen LogP contribution is -2.30. The maximum absolute atomic E-state index is 11.8. The summed E-state index contributed by atoms with van der Waals surface area (Å²) in [5.41, 5.74) is 0.601. The lowest BCUT2D eigenvalue weighted by molar-refractivity contribution is 0.0952. The minimum atomic E-state index is -0.102. The topological polar surface area (TPSA) is 38.3 Å². The van der Waals surface area contributed by atoms with Crippen molar-refractivity contribution in [3.8, 4) is 5.75 Å². The van der Waals surface area contributed by atoms with Gasteiger partial charge in [-0.1, -0.05) is 6.07 Å². The summed E-state index contributed by atoms with van der Waals surface area (Å²) >= 11 is 6.13. The van der Waals surface area contributed by atoms with Gasteiger partial charge in [-0.15, -0.1) is 11.6 Å². The molecule has 0 saturated heterocycles. The van der Waals surface area contributed by atoms with Crippen LogP contribution in [0.4, 0.5) is 0 Å². The molecule has 1 atom stereocenters. The Balaban J connectivity index is 1.89. The van der Waals surface area contributed by atoms with Crippen LogP contribution in [0.2, 0.25) is 0 Å². The van der Waals surface area contributed by atoms with Gasteiger partial charge in [0.1, 0.15) is 5.75 Å². The van der Waals surface area contributed by atoms with E-state index in [0.717, 1.165) is 0 Å². The predicted molar refractivity (Wildman–Crippen MR) is 67.7 cm³/mol. The van der Waals surface area contributed by atoms with Crippen LogP contribution in [-0.4, -0.2) is 24.9 Å². The number of carbonyl (C=O) groups is 1. The second-order valence-corrected chi connectivity index (χ2v) is 4.86. The van der Waals surface area contributed by atoms with Crippen molar-refractivity contribution in [1.82, 2.24) is 5.32 Å². The number of hydrogen-bond acceptors (Lipinski definition) is 2. The Hall–Kier alpha value is -1.22. The minimum Gasteiger partial charge on any atom is -0.497 e. The number of nitrogens with one attached hydrogen (secondary N) is 1. The van der Waals surface area contributed by atoms with E-state index in [-0.39, 0.29) is 11.3 Å². The highest BCUT2D eigenvalue weighted by atomic mass is 35.5. The van der Waals surface area contributed by atoms with Crippen molar-refractivity contribution in [3.63, 3.8) is 0 Å². The van der Waals surface area contributed by atoms with Crippen molar-refractivity contribution in [2.24, 2.45) is 5.92 Å². The summed E-state index contributed by atoms with van der Waals surface area (Å²) in [6, 6.07) is 7.09. The first-order valence-corrected chi connectivity index (χ1v) is 6.20. The van der Waals surface area contributed by atoms with Gasteiger partial charge in [0.2, 0.25) is 0 Å². The molecule has 2 rings (SSSR count). The van der Waals surface area contributed by atoms with E-state index in [4.69, 9.17) is 16.3 Å². The number of alkyl halides is 1. The minimum absolute atomic E-state index is 0.0598. The Morgan fingerprint density at radius 2 is 2.35 bits per heavy atom. The molecule has 1 N–H and O–H groups in total. The van der Waals surface area contributed by atoms with Crippen LogP contribution in [0.5, 0.6) is 5.75 Å². The monoisotopic (exact) mass is 253 g/mol. The molecule has 92 valence electrons. The van der Waals surface area contributed by atoms with Crippen LogP contribution >= 0.6 is 11.6 Å². The molecule has 0 radical (unpaired) electrons. The summed E-state index contributed by atoms with van der Waals surface area (Å²) in [6.45, 7) is 0.530. The normalized spacial score (nSPS) is 16.4. The molecule has 1 aliphatic rings. The lowest BCUT2D eigenvalue weighted by atomic mass is 10.2. The molecule has 0 aromatic heterocycles. The third kappa shape index (κ3) is 3.37. The van der Waals surface area contributed by atoms with E-state index in [2.05, 4.69) is 5.32 Å². The van der Waals surface area contributed by atoms with E-state index >= 15 is 0 Å². The van der Waals surface area contributed by atoms with E-state index in [1.807, 2.05) is 6.07 Å². The Bertz CT molecular complexity index is 404. The highest BCUT2D eigenvalue weighted by Gasteiger charge is 2.29. The first kappa shape index (κ1) is 12.2. The molecule has 1 saturated carbocycles. The van der Waals surface area contributed by atoms with Gasteiger partial charge in [0.15, 0.2) is 0 Å². The molecule has 0 heterocycles. The van der Waals surface area contributed by atoms with Gasteiger partial charge in [0, 0.05) is 12.1 Å². The van der Waals surface area contributed by atoms with E-state index in [1.54, 1.807) is 25.3 Å². The molecule has 1 aromatic carbocycles. The van der Waals surface area contributed by atoms with Gasteiger partial charge in [-0.3, -0.25) is 4.79 Å². The molecule has 0 bridgehead atoms. The average molecular weight is 254 g/mol. The maximum Gasteiger partial charge on any atom is 0.251 e. The van der Waals surface area contributed by atoms with Gasteiger partial charge in [-0.25, -0.2) is 0 Å². The third-order valence-corrected chi connectivity index (χ3v) is 3.43. The fourth-order valence-corrected chi connectivity index (χ4v) is 2.01. The molecule has 3 nitrogen and oxygen atoms in total. The molecule has 0 aliphatic heterocycles. The van der Waals surface area contributed by atoms with Gasteiger partial charge in [-0.05, 0) is 37.0 Å². The Kier molecular flexibility index (Phi) is 3.89. The zero-order chi connectivity index (χ0) is 12.3. The van der Waals surface area contributed by atoms with Crippen LogP contribution in [0.3, 0.4) is 0 Å². The molecule has 1 aliphatic carbocycles. The van der Waals surface area contributed by atoms with Crippen LogP contribution in [0.15, 0.2) is 24.3 Å². The standard InChI is InChI=1S/C13H16ClNO2/c1-17-11-4-2-3-10(7-11)13(16)15-8-12(14)9-5-6-9/h2-4,7,9,12H,5-6,8H2,1H3,(H,15,16). The summed E-state index contributed by atoms with van der Waals surface area (Å²) in [4.78, 5) is 11.8. The molecule has 1 aromatic rings. The van der Waals surface area contributed by atoms with Crippen LogP contribution in [0.25, 0.3) is 0 Å². The second kappa shape index (κ2) is 5.41. The number of benzene rings is 1. The van der Waals surface area contributed by atoms with Gasteiger partial charge < -0.3 is 10.1 Å². The number of hydrogen-bond donors (Lipinski definition) is 1. The molecule has 1 amide bonds. The van der Waals surface area contributed by atoms with E-state index in [9.17, 15) is 4.79 Å². The van der Waals surface area contributed by atoms with E-state index in [0.29, 0.717) is 23.8 Å². The Morgan fingerprint density at radius 3 is 3.00 bits per heavy atom. The smallest absolute Gasteiger partial charge is 0.251 e. The molecular formula is C13H16ClNO2. The summed E-state index contributed by atoms with van der Waals surface area (Å²) in [7, 11) is 1.58. The summed E-state index contributed by atoms with van der Waals surface area (Å²) in [5.74, 6) is 1.17. The quantitative estimate of drug-likeness (QED) is 0.819. The molecule has 1 unspecified atom stereocenters. The van der Waals surface area contributed by atoms with Crippen LogP contribution in [0.1, 0.15) is 23.2 Å². The zero-order valence-corrected chi connectivity index (χ0v) is 10.5. The molecule has 0 spiro atoms. The summed E-state index contributed by atoms with van der Waals surface area (Å²) in [6.07, 6.45) is 2.37. The van der Waals surface area contributed by atoms with E-state index in [1.165, 1.54) is 12.8 Å². The first-order valence-electron chi connectivity index (χ1n) is 5.77. The SMILES string of the molecule is COc1cccc(C(=O)NCC(Cl)C2CC2)c1. The third-order valence-electron chi connectivity index (χ3n) is 2.92. The Labute approximate surface area is 106 Å². The predicted octanol–water partition coefficient (Wildman–Crippen LogP) is 2.44. The number of amides is 1. The van der Waals surface area contributed by atoms with Crippen molar-refractivity contribution >= 4 is 17.5 Å². The van der Waals surface area contributed by atoms with Gasteiger partial charge in [0.05, 0.1) is 12.5 Å². The molecule has 17 heavy (non-hydrogen) atoms. The van der Waals surface area contributed by atoms with Crippen molar-refractivity contribution in [1.29, 1.82) is 0 Å². The van der Waals surface area contributed by atoms with Crippen molar-refractivity contribution in [3.05, 3.63) is 29.8 Å². The molecular weight excluding hydrogens is 238 g/mol. The second-order valence-electron chi connectivity index (χ2n) is 4.30. The average Bonchev–Trinajstić information content (AvgIpc) is 3.19. The summed E-state index contributed by atoms with van der Waals surface area (Å²) < 4.78 is 5.07. The number of halogens is 1. The van der Waals surface area contributed by atoms with Crippen LogP contribution < -0.4 is 10.1 Å². The van der Waals surface area contributed by atoms with E-state index < -0.39 is 0 Å². The fraction of sp³-hybridized carbons (Fsp3) is 0.462. The largest absolute Gasteiger partial charge is 0.497 e. The van der Waals surface area contributed by atoms with Crippen molar-refractivity contribution in [2.75, 3.05) is 13.7 Å². The molecule has 4 heteroatoms. The zero-order valence-electron chi connectivity index (χ0n) is 9.78. The Morgan fingerprint density at radius 1 is 1.59 bits per heavy atom.